The highest BCUT2D eigenvalue weighted by Crippen LogP contribution is 2.36. The van der Waals surface area contributed by atoms with E-state index in [2.05, 4.69) is 11.4 Å². The van der Waals surface area contributed by atoms with Crippen molar-refractivity contribution in [3.8, 4) is 17.2 Å². The van der Waals surface area contributed by atoms with Crippen molar-refractivity contribution in [2.45, 2.75) is 13.0 Å². The number of nitrogens with one attached hydrogen (secondary N) is 1. The number of thiophene rings is 1. The van der Waals surface area contributed by atoms with Gasteiger partial charge >= 0.3 is 0 Å². The number of phenolic OH excluding ortho intramolecular Hbond substituents is 3. The van der Waals surface area contributed by atoms with Crippen LogP contribution in [-0.4, -0.2) is 21.9 Å². The third-order valence-electron chi connectivity index (χ3n) is 2.66. The zero-order valence-electron chi connectivity index (χ0n) is 9.76. The fourth-order valence-corrected chi connectivity index (χ4v) is 2.35. The van der Waals surface area contributed by atoms with E-state index in [1.165, 1.54) is 10.9 Å². The summed E-state index contributed by atoms with van der Waals surface area (Å²) in [5.74, 6) is -1.04. The maximum Gasteiger partial charge on any atom is 0.200 e. The van der Waals surface area contributed by atoms with Crippen molar-refractivity contribution in [3.05, 3.63) is 40.1 Å². The molecule has 2 rings (SSSR count). The second kappa shape index (κ2) is 5.75. The highest BCUT2D eigenvalue weighted by molar-refractivity contribution is 7.09. The number of rotatable bonds is 5. The Morgan fingerprint density at radius 3 is 2.61 bits per heavy atom. The Bertz CT molecular complexity index is 511. The van der Waals surface area contributed by atoms with Gasteiger partial charge in [0.1, 0.15) is 0 Å². The molecule has 0 saturated carbocycles. The number of hydrogen-bond donors (Lipinski definition) is 4. The number of aromatic hydroxyl groups is 3. The molecule has 18 heavy (non-hydrogen) atoms. The first-order chi connectivity index (χ1) is 8.68. The van der Waals surface area contributed by atoms with E-state index >= 15 is 0 Å². The molecular formula is C13H15NO3S. The van der Waals surface area contributed by atoms with Gasteiger partial charge in [-0.1, -0.05) is 12.1 Å². The molecule has 0 aliphatic rings. The van der Waals surface area contributed by atoms with Crippen LogP contribution in [0.4, 0.5) is 0 Å². The molecule has 0 radical (unpaired) electrons. The predicted octanol–water partition coefficient (Wildman–Crippen LogP) is 2.20. The van der Waals surface area contributed by atoms with Gasteiger partial charge < -0.3 is 20.6 Å². The van der Waals surface area contributed by atoms with Crippen LogP contribution in [-0.2, 0) is 13.0 Å². The van der Waals surface area contributed by atoms with Crippen molar-refractivity contribution in [2.24, 2.45) is 0 Å². The van der Waals surface area contributed by atoms with E-state index in [1.807, 2.05) is 11.4 Å². The quantitative estimate of drug-likeness (QED) is 0.494. The Kier molecular flexibility index (Phi) is 4.07. The minimum atomic E-state index is -0.465. The van der Waals surface area contributed by atoms with E-state index < -0.39 is 5.75 Å². The van der Waals surface area contributed by atoms with Crippen LogP contribution in [0, 0.1) is 0 Å². The molecule has 0 amide bonds. The molecular weight excluding hydrogens is 250 g/mol. The fourth-order valence-electron chi connectivity index (χ4n) is 1.64. The predicted molar refractivity (Wildman–Crippen MR) is 71.2 cm³/mol. The maximum atomic E-state index is 9.61. The summed E-state index contributed by atoms with van der Waals surface area (Å²) in [6.07, 6.45) is 0.933. The fraction of sp³-hybridized carbons (Fsp3) is 0.231. The molecule has 2 aromatic rings. The molecule has 0 atom stereocenters. The van der Waals surface area contributed by atoms with Gasteiger partial charge in [0.05, 0.1) is 0 Å². The summed E-state index contributed by atoms with van der Waals surface area (Å²) >= 11 is 1.71. The topological polar surface area (TPSA) is 72.7 Å². The SMILES string of the molecule is Oc1ccc(CNCCc2cccs2)c(O)c1O. The first-order valence-electron chi connectivity index (χ1n) is 5.64. The first kappa shape index (κ1) is 12.7. The van der Waals surface area contributed by atoms with E-state index in [0.29, 0.717) is 12.1 Å². The lowest BCUT2D eigenvalue weighted by Gasteiger charge is -2.08. The minimum absolute atomic E-state index is 0.265. The molecule has 0 aliphatic carbocycles. The van der Waals surface area contributed by atoms with Gasteiger partial charge in [-0.25, -0.2) is 0 Å². The molecule has 0 spiro atoms. The van der Waals surface area contributed by atoms with Crippen LogP contribution in [0.1, 0.15) is 10.4 Å². The largest absolute Gasteiger partial charge is 0.504 e. The second-order valence-corrected chi connectivity index (χ2v) is 4.98. The Labute approximate surface area is 109 Å². The van der Waals surface area contributed by atoms with E-state index in [9.17, 15) is 15.3 Å². The standard InChI is InChI=1S/C13H15NO3S/c15-11-4-3-9(12(16)13(11)17)8-14-6-5-10-2-1-7-18-10/h1-4,7,14-17H,5-6,8H2. The van der Waals surface area contributed by atoms with Crippen LogP contribution >= 0.6 is 11.3 Å². The lowest BCUT2D eigenvalue weighted by atomic mass is 10.1. The van der Waals surface area contributed by atoms with E-state index in [1.54, 1.807) is 17.4 Å². The van der Waals surface area contributed by atoms with Crippen LogP contribution in [0.15, 0.2) is 29.6 Å². The van der Waals surface area contributed by atoms with Crippen molar-refractivity contribution >= 4 is 11.3 Å². The summed E-state index contributed by atoms with van der Waals surface area (Å²) in [4.78, 5) is 1.31. The molecule has 0 unspecified atom stereocenters. The molecule has 0 fully saturated rings. The van der Waals surface area contributed by atoms with Gasteiger partial charge in [0.2, 0.25) is 5.75 Å². The molecule has 1 aromatic carbocycles. The Hall–Kier alpha value is -1.72. The summed E-state index contributed by atoms with van der Waals surface area (Å²) in [5.41, 5.74) is 0.566. The summed E-state index contributed by atoms with van der Waals surface area (Å²) in [6.45, 7) is 1.24. The van der Waals surface area contributed by atoms with Crippen LogP contribution in [0.2, 0.25) is 0 Å². The van der Waals surface area contributed by atoms with Gasteiger partial charge in [0.15, 0.2) is 11.5 Å². The van der Waals surface area contributed by atoms with Gasteiger partial charge in [0.25, 0.3) is 0 Å². The zero-order valence-corrected chi connectivity index (χ0v) is 10.6. The van der Waals surface area contributed by atoms with E-state index in [-0.39, 0.29) is 11.5 Å². The number of hydrogen-bond acceptors (Lipinski definition) is 5. The third kappa shape index (κ3) is 2.94. The molecule has 4 nitrogen and oxygen atoms in total. The Morgan fingerprint density at radius 2 is 1.89 bits per heavy atom. The molecule has 0 aliphatic heterocycles. The van der Waals surface area contributed by atoms with Crippen molar-refractivity contribution in [1.29, 1.82) is 0 Å². The van der Waals surface area contributed by atoms with Crippen LogP contribution in [0.25, 0.3) is 0 Å². The average molecular weight is 265 g/mol. The highest BCUT2D eigenvalue weighted by Gasteiger charge is 2.10. The van der Waals surface area contributed by atoms with E-state index in [0.717, 1.165) is 13.0 Å². The highest BCUT2D eigenvalue weighted by atomic mass is 32.1. The summed E-state index contributed by atoms with van der Waals surface area (Å²) in [6, 6.07) is 7.05. The van der Waals surface area contributed by atoms with Gasteiger partial charge in [-0.15, -0.1) is 11.3 Å². The maximum absolute atomic E-state index is 9.61. The Morgan fingerprint density at radius 1 is 1.06 bits per heavy atom. The zero-order chi connectivity index (χ0) is 13.0. The van der Waals surface area contributed by atoms with Crippen LogP contribution in [0.3, 0.4) is 0 Å². The monoisotopic (exact) mass is 265 g/mol. The van der Waals surface area contributed by atoms with Crippen molar-refractivity contribution in [1.82, 2.24) is 5.32 Å². The number of phenols is 3. The molecule has 1 heterocycles. The van der Waals surface area contributed by atoms with Crippen molar-refractivity contribution in [2.75, 3.05) is 6.54 Å². The molecule has 1 aromatic heterocycles. The Balaban J connectivity index is 1.85. The molecule has 96 valence electrons. The first-order valence-corrected chi connectivity index (χ1v) is 6.52. The molecule has 5 heteroatoms. The lowest BCUT2D eigenvalue weighted by molar-refractivity contribution is 0.364. The number of benzene rings is 1. The molecule has 4 N–H and O–H groups in total. The molecule has 0 bridgehead atoms. The summed E-state index contributed by atoms with van der Waals surface area (Å²) < 4.78 is 0. The van der Waals surface area contributed by atoms with E-state index in [4.69, 9.17) is 0 Å². The second-order valence-electron chi connectivity index (χ2n) is 3.95. The normalized spacial score (nSPS) is 10.7. The lowest BCUT2D eigenvalue weighted by Crippen LogP contribution is -2.16. The summed E-state index contributed by atoms with van der Waals surface area (Å²) in [5, 5.41) is 33.4. The van der Waals surface area contributed by atoms with Gasteiger partial charge in [-0.3, -0.25) is 0 Å². The minimum Gasteiger partial charge on any atom is -0.504 e. The van der Waals surface area contributed by atoms with Crippen molar-refractivity contribution in [3.63, 3.8) is 0 Å². The average Bonchev–Trinajstić information content (AvgIpc) is 2.87. The van der Waals surface area contributed by atoms with Crippen LogP contribution in [0.5, 0.6) is 17.2 Å². The smallest absolute Gasteiger partial charge is 0.200 e. The van der Waals surface area contributed by atoms with Crippen LogP contribution < -0.4 is 5.32 Å². The van der Waals surface area contributed by atoms with Crippen molar-refractivity contribution < 1.29 is 15.3 Å². The van der Waals surface area contributed by atoms with Gasteiger partial charge in [0, 0.05) is 23.5 Å². The van der Waals surface area contributed by atoms with Gasteiger partial charge in [-0.05, 0) is 23.9 Å². The van der Waals surface area contributed by atoms with Gasteiger partial charge in [-0.2, -0.15) is 0 Å². The summed E-state index contributed by atoms with van der Waals surface area (Å²) in [7, 11) is 0. The third-order valence-corrected chi connectivity index (χ3v) is 3.59. The molecule has 0 saturated heterocycles.